The lowest BCUT2D eigenvalue weighted by Gasteiger charge is -2.20. The quantitative estimate of drug-likeness (QED) is 0.790. The van der Waals surface area contributed by atoms with Crippen LogP contribution in [0.4, 0.5) is 0 Å². The molecular weight excluding hydrogens is 246 g/mol. The van der Waals surface area contributed by atoms with E-state index in [0.29, 0.717) is 11.1 Å². The van der Waals surface area contributed by atoms with Gasteiger partial charge in [0.05, 0.1) is 12.1 Å². The van der Waals surface area contributed by atoms with E-state index in [1.54, 1.807) is 7.11 Å². The number of hydrogen-bond acceptors (Lipinski definition) is 2. The van der Waals surface area contributed by atoms with Gasteiger partial charge in [-0.25, -0.2) is 0 Å². The van der Waals surface area contributed by atoms with Crippen LogP contribution in [0.15, 0.2) is 18.2 Å². The molecule has 0 amide bonds. The second-order valence-electron chi connectivity index (χ2n) is 4.98. The Morgan fingerprint density at radius 2 is 2.00 bits per heavy atom. The predicted molar refractivity (Wildman–Crippen MR) is 78.5 cm³/mol. The topological polar surface area (TPSA) is 21.3 Å². The van der Waals surface area contributed by atoms with Crippen LogP contribution in [-0.2, 0) is 0 Å². The van der Waals surface area contributed by atoms with Crippen LogP contribution in [0, 0.1) is 5.92 Å². The number of rotatable bonds is 7. The van der Waals surface area contributed by atoms with Gasteiger partial charge in [-0.1, -0.05) is 38.4 Å². The van der Waals surface area contributed by atoms with Crippen molar-refractivity contribution in [2.45, 2.75) is 39.7 Å². The van der Waals surface area contributed by atoms with Gasteiger partial charge in [-0.2, -0.15) is 0 Å². The van der Waals surface area contributed by atoms with E-state index >= 15 is 0 Å². The van der Waals surface area contributed by atoms with Crippen LogP contribution in [0.3, 0.4) is 0 Å². The second-order valence-corrected chi connectivity index (χ2v) is 5.38. The summed E-state index contributed by atoms with van der Waals surface area (Å²) in [4.78, 5) is 0. The minimum absolute atomic E-state index is 0.378. The van der Waals surface area contributed by atoms with E-state index in [-0.39, 0.29) is 0 Å². The fourth-order valence-electron chi connectivity index (χ4n) is 2.03. The molecule has 0 fully saturated rings. The zero-order chi connectivity index (χ0) is 13.5. The minimum Gasteiger partial charge on any atom is -0.495 e. The highest BCUT2D eigenvalue weighted by molar-refractivity contribution is 6.32. The van der Waals surface area contributed by atoms with Crippen LogP contribution in [0.1, 0.15) is 45.2 Å². The van der Waals surface area contributed by atoms with Gasteiger partial charge in [-0.05, 0) is 43.0 Å². The first-order valence-corrected chi connectivity index (χ1v) is 7.03. The van der Waals surface area contributed by atoms with Crippen LogP contribution in [-0.4, -0.2) is 13.7 Å². The number of methoxy groups -OCH3 is 1. The van der Waals surface area contributed by atoms with Crippen LogP contribution < -0.4 is 10.1 Å². The molecular formula is C15H24ClNO. The molecule has 0 radical (unpaired) electrons. The number of halogens is 1. The van der Waals surface area contributed by atoms with Gasteiger partial charge in [-0.15, -0.1) is 0 Å². The Bertz CT molecular complexity index is 366. The normalized spacial score (nSPS) is 12.8. The fourth-order valence-corrected chi connectivity index (χ4v) is 2.22. The highest BCUT2D eigenvalue weighted by Crippen LogP contribution is 2.29. The summed E-state index contributed by atoms with van der Waals surface area (Å²) >= 11 is 6.06. The van der Waals surface area contributed by atoms with Crippen molar-refractivity contribution in [3.8, 4) is 5.75 Å². The number of nitrogens with one attached hydrogen (secondary N) is 1. The summed E-state index contributed by atoms with van der Waals surface area (Å²) in [5, 5.41) is 4.19. The Morgan fingerprint density at radius 3 is 2.56 bits per heavy atom. The van der Waals surface area contributed by atoms with Gasteiger partial charge in [0, 0.05) is 6.04 Å². The first kappa shape index (κ1) is 15.3. The lowest BCUT2D eigenvalue weighted by Crippen LogP contribution is -2.21. The van der Waals surface area contributed by atoms with Crippen molar-refractivity contribution in [2.75, 3.05) is 13.7 Å². The molecule has 1 aromatic rings. The Hall–Kier alpha value is -0.730. The molecule has 0 aliphatic heterocycles. The van der Waals surface area contributed by atoms with E-state index in [4.69, 9.17) is 16.3 Å². The lowest BCUT2D eigenvalue weighted by molar-refractivity contribution is 0.410. The fraction of sp³-hybridized carbons (Fsp3) is 0.600. The Kier molecular flexibility index (Phi) is 6.51. The smallest absolute Gasteiger partial charge is 0.137 e. The average Bonchev–Trinajstić information content (AvgIpc) is 2.35. The predicted octanol–water partition coefficient (Wildman–Crippen LogP) is 4.44. The van der Waals surface area contributed by atoms with Gasteiger partial charge in [0.25, 0.3) is 0 Å². The third-order valence-corrected chi connectivity index (χ3v) is 3.37. The number of benzene rings is 1. The van der Waals surface area contributed by atoms with E-state index in [2.05, 4.69) is 32.2 Å². The Balaban J connectivity index is 2.83. The van der Waals surface area contributed by atoms with Gasteiger partial charge in [0.15, 0.2) is 0 Å². The molecule has 0 saturated carbocycles. The molecule has 1 atom stereocenters. The summed E-state index contributed by atoms with van der Waals surface area (Å²) in [6.45, 7) is 7.61. The summed E-state index contributed by atoms with van der Waals surface area (Å²) < 4.78 is 5.28. The minimum atomic E-state index is 0.378. The number of hydrogen-bond donors (Lipinski definition) is 1. The number of ether oxygens (including phenoxy) is 1. The maximum absolute atomic E-state index is 6.06. The molecule has 1 unspecified atom stereocenters. The van der Waals surface area contributed by atoms with Crippen molar-refractivity contribution in [2.24, 2.45) is 5.92 Å². The SMILES string of the molecule is CCNC(CCC(C)C)c1ccc(Cl)c(OC)c1. The van der Waals surface area contributed by atoms with Crippen molar-refractivity contribution in [1.82, 2.24) is 5.32 Å². The van der Waals surface area contributed by atoms with Crippen molar-refractivity contribution in [3.05, 3.63) is 28.8 Å². The molecule has 102 valence electrons. The van der Waals surface area contributed by atoms with Gasteiger partial charge < -0.3 is 10.1 Å². The third-order valence-electron chi connectivity index (χ3n) is 3.06. The molecule has 1 aromatic carbocycles. The third kappa shape index (κ3) is 4.51. The monoisotopic (exact) mass is 269 g/mol. The van der Waals surface area contributed by atoms with E-state index in [9.17, 15) is 0 Å². The van der Waals surface area contributed by atoms with Crippen LogP contribution in [0.2, 0.25) is 5.02 Å². The summed E-state index contributed by atoms with van der Waals surface area (Å²) in [6, 6.07) is 6.41. The first-order valence-electron chi connectivity index (χ1n) is 6.65. The van der Waals surface area contributed by atoms with Gasteiger partial charge in [-0.3, -0.25) is 0 Å². The summed E-state index contributed by atoms with van der Waals surface area (Å²) in [7, 11) is 1.65. The summed E-state index contributed by atoms with van der Waals surface area (Å²) in [6.07, 6.45) is 2.35. The first-order chi connectivity index (χ1) is 8.58. The molecule has 0 bridgehead atoms. The Labute approximate surface area is 116 Å². The maximum atomic E-state index is 6.06. The highest BCUT2D eigenvalue weighted by atomic mass is 35.5. The summed E-state index contributed by atoms with van der Waals surface area (Å²) in [5.74, 6) is 1.47. The zero-order valence-corrected chi connectivity index (χ0v) is 12.6. The molecule has 0 saturated heterocycles. The average molecular weight is 270 g/mol. The van der Waals surface area contributed by atoms with Crippen molar-refractivity contribution in [3.63, 3.8) is 0 Å². The van der Waals surface area contributed by atoms with E-state index in [1.165, 1.54) is 12.0 Å². The van der Waals surface area contributed by atoms with Crippen molar-refractivity contribution < 1.29 is 4.74 Å². The van der Waals surface area contributed by atoms with Gasteiger partial charge >= 0.3 is 0 Å². The van der Waals surface area contributed by atoms with Crippen molar-refractivity contribution in [1.29, 1.82) is 0 Å². The second kappa shape index (κ2) is 7.65. The van der Waals surface area contributed by atoms with Crippen LogP contribution in [0.25, 0.3) is 0 Å². The molecule has 0 aliphatic rings. The van der Waals surface area contributed by atoms with Crippen LogP contribution >= 0.6 is 11.6 Å². The van der Waals surface area contributed by atoms with E-state index in [1.807, 2.05) is 12.1 Å². The lowest BCUT2D eigenvalue weighted by atomic mass is 9.97. The molecule has 1 rings (SSSR count). The molecule has 2 nitrogen and oxygen atoms in total. The molecule has 0 aliphatic carbocycles. The zero-order valence-electron chi connectivity index (χ0n) is 11.8. The van der Waals surface area contributed by atoms with E-state index in [0.717, 1.165) is 24.6 Å². The molecule has 1 N–H and O–H groups in total. The highest BCUT2D eigenvalue weighted by Gasteiger charge is 2.13. The Morgan fingerprint density at radius 1 is 1.28 bits per heavy atom. The van der Waals surface area contributed by atoms with E-state index < -0.39 is 0 Å². The molecule has 0 heterocycles. The maximum Gasteiger partial charge on any atom is 0.137 e. The van der Waals surface area contributed by atoms with Gasteiger partial charge in [0.1, 0.15) is 5.75 Å². The van der Waals surface area contributed by atoms with Crippen molar-refractivity contribution >= 4 is 11.6 Å². The summed E-state index contributed by atoms with van der Waals surface area (Å²) in [5.41, 5.74) is 1.25. The molecule has 0 aromatic heterocycles. The molecule has 3 heteroatoms. The van der Waals surface area contributed by atoms with Crippen LogP contribution in [0.5, 0.6) is 5.75 Å². The molecule has 18 heavy (non-hydrogen) atoms. The van der Waals surface area contributed by atoms with Gasteiger partial charge in [0.2, 0.25) is 0 Å². The largest absolute Gasteiger partial charge is 0.495 e. The molecule has 0 spiro atoms. The standard InChI is InChI=1S/C15H24ClNO/c1-5-17-14(9-6-11(2)3)12-7-8-13(16)15(10-12)18-4/h7-8,10-11,14,17H,5-6,9H2,1-4H3.